The van der Waals surface area contributed by atoms with E-state index in [-0.39, 0.29) is 24.1 Å². The van der Waals surface area contributed by atoms with Crippen molar-refractivity contribution in [2.75, 3.05) is 6.61 Å². The molecule has 2 N–H and O–H groups in total. The van der Waals surface area contributed by atoms with Gasteiger partial charge in [-0.25, -0.2) is 9.78 Å². The molecule has 0 saturated heterocycles. The van der Waals surface area contributed by atoms with Crippen LogP contribution in [0.4, 0.5) is 0 Å². The highest BCUT2D eigenvalue weighted by Crippen LogP contribution is 2.28. The molecule has 0 fully saturated rings. The fraction of sp³-hybridized carbons (Fsp3) is 0.467. The van der Waals surface area contributed by atoms with Gasteiger partial charge in [0.1, 0.15) is 11.3 Å². The van der Waals surface area contributed by atoms with Gasteiger partial charge in [0.2, 0.25) is 0 Å². The van der Waals surface area contributed by atoms with Crippen LogP contribution >= 0.6 is 0 Å². The minimum atomic E-state index is -0.979. The molecular formula is C15H20N2O3. The fourth-order valence-electron chi connectivity index (χ4n) is 2.55. The maximum Gasteiger partial charge on any atom is 0.337 e. The standard InChI is InChI=1S/C15H20N2O3/c1-4-13-16-14-10(15(19)20)6-5-7-11(14)17(13)12(8-18)9(2)3/h5-7,9,12,18H,4,8H2,1-3H3,(H,19,20). The molecule has 1 unspecified atom stereocenters. The van der Waals surface area contributed by atoms with E-state index in [1.165, 1.54) is 0 Å². The first-order chi connectivity index (χ1) is 9.51. The van der Waals surface area contributed by atoms with Gasteiger partial charge < -0.3 is 14.8 Å². The van der Waals surface area contributed by atoms with Crippen molar-refractivity contribution in [1.82, 2.24) is 9.55 Å². The van der Waals surface area contributed by atoms with Crippen LogP contribution in [0.2, 0.25) is 0 Å². The molecule has 0 radical (unpaired) electrons. The summed E-state index contributed by atoms with van der Waals surface area (Å²) < 4.78 is 1.98. The summed E-state index contributed by atoms with van der Waals surface area (Å²) in [6.07, 6.45) is 0.691. The maximum atomic E-state index is 11.3. The van der Waals surface area contributed by atoms with Crippen molar-refractivity contribution in [2.24, 2.45) is 5.92 Å². The Kier molecular flexibility index (Phi) is 4.09. The smallest absolute Gasteiger partial charge is 0.337 e. The van der Waals surface area contributed by atoms with E-state index in [4.69, 9.17) is 0 Å². The number of fused-ring (bicyclic) bond motifs is 1. The van der Waals surface area contributed by atoms with Crippen LogP contribution in [-0.2, 0) is 6.42 Å². The third kappa shape index (κ3) is 2.29. The molecule has 0 aliphatic rings. The summed E-state index contributed by atoms with van der Waals surface area (Å²) in [6.45, 7) is 6.06. The van der Waals surface area contributed by atoms with Gasteiger partial charge in [-0.2, -0.15) is 0 Å². The molecule has 1 heterocycles. The normalized spacial score (nSPS) is 13.1. The fourth-order valence-corrected chi connectivity index (χ4v) is 2.55. The summed E-state index contributed by atoms with van der Waals surface area (Å²) in [7, 11) is 0. The Morgan fingerprint density at radius 2 is 2.10 bits per heavy atom. The molecule has 0 bridgehead atoms. The molecule has 0 saturated carbocycles. The number of aromatic nitrogens is 2. The molecule has 0 aliphatic carbocycles. The number of hydrogen-bond acceptors (Lipinski definition) is 3. The number of carbonyl (C=O) groups is 1. The van der Waals surface area contributed by atoms with Gasteiger partial charge in [-0.15, -0.1) is 0 Å². The van der Waals surface area contributed by atoms with E-state index in [1.807, 2.05) is 31.4 Å². The predicted octanol–water partition coefficient (Wildman–Crippen LogP) is 2.49. The molecule has 0 spiro atoms. The lowest BCUT2D eigenvalue weighted by Crippen LogP contribution is -2.21. The van der Waals surface area contributed by atoms with Crippen LogP contribution in [0.5, 0.6) is 0 Å². The molecule has 0 aliphatic heterocycles. The molecule has 1 aromatic heterocycles. The molecule has 0 amide bonds. The highest BCUT2D eigenvalue weighted by atomic mass is 16.4. The van der Waals surface area contributed by atoms with Crippen LogP contribution in [0.3, 0.4) is 0 Å². The van der Waals surface area contributed by atoms with E-state index in [2.05, 4.69) is 4.98 Å². The van der Waals surface area contributed by atoms with Gasteiger partial charge >= 0.3 is 5.97 Å². The number of rotatable bonds is 5. The number of nitrogens with zero attached hydrogens (tertiary/aromatic N) is 2. The van der Waals surface area contributed by atoms with Crippen molar-refractivity contribution in [3.05, 3.63) is 29.6 Å². The van der Waals surface area contributed by atoms with Crippen LogP contribution in [0, 0.1) is 5.92 Å². The zero-order valence-electron chi connectivity index (χ0n) is 12.0. The van der Waals surface area contributed by atoms with E-state index in [1.54, 1.807) is 12.1 Å². The SMILES string of the molecule is CCc1nc2c(C(=O)O)cccc2n1C(CO)C(C)C. The number of aliphatic hydroxyl groups excluding tert-OH is 1. The summed E-state index contributed by atoms with van der Waals surface area (Å²) in [5.74, 6) is 0.0608. The van der Waals surface area contributed by atoms with Crippen molar-refractivity contribution in [2.45, 2.75) is 33.2 Å². The number of hydrogen-bond donors (Lipinski definition) is 2. The van der Waals surface area contributed by atoms with Crippen molar-refractivity contribution >= 4 is 17.0 Å². The van der Waals surface area contributed by atoms with Crippen LogP contribution in [0.25, 0.3) is 11.0 Å². The van der Waals surface area contributed by atoms with E-state index in [0.29, 0.717) is 11.9 Å². The molecule has 2 rings (SSSR count). The summed E-state index contributed by atoms with van der Waals surface area (Å²) >= 11 is 0. The Morgan fingerprint density at radius 1 is 1.40 bits per heavy atom. The first-order valence-electron chi connectivity index (χ1n) is 6.85. The van der Waals surface area contributed by atoms with E-state index in [0.717, 1.165) is 11.3 Å². The predicted molar refractivity (Wildman–Crippen MR) is 77.0 cm³/mol. The Morgan fingerprint density at radius 3 is 2.60 bits per heavy atom. The van der Waals surface area contributed by atoms with Crippen molar-refractivity contribution in [3.63, 3.8) is 0 Å². The lowest BCUT2D eigenvalue weighted by Gasteiger charge is -2.23. The van der Waals surface area contributed by atoms with Crippen LogP contribution in [0.15, 0.2) is 18.2 Å². The summed E-state index contributed by atoms with van der Waals surface area (Å²) in [5.41, 5.74) is 1.47. The number of para-hydroxylation sites is 1. The summed E-state index contributed by atoms with van der Waals surface area (Å²) in [6, 6.07) is 5.04. The lowest BCUT2D eigenvalue weighted by molar-refractivity contribution is 0.0699. The first kappa shape index (κ1) is 14.5. The highest BCUT2D eigenvalue weighted by molar-refractivity contribution is 6.01. The van der Waals surface area contributed by atoms with E-state index < -0.39 is 5.97 Å². The van der Waals surface area contributed by atoms with E-state index in [9.17, 15) is 15.0 Å². The number of benzene rings is 1. The first-order valence-corrected chi connectivity index (χ1v) is 6.85. The van der Waals surface area contributed by atoms with Gasteiger partial charge in [0.25, 0.3) is 0 Å². The number of carboxylic acids is 1. The molecular weight excluding hydrogens is 256 g/mol. The van der Waals surface area contributed by atoms with Crippen molar-refractivity contribution < 1.29 is 15.0 Å². The summed E-state index contributed by atoms with van der Waals surface area (Å²) in [4.78, 5) is 15.8. The Labute approximate surface area is 117 Å². The minimum Gasteiger partial charge on any atom is -0.478 e. The zero-order valence-corrected chi connectivity index (χ0v) is 12.0. The Bertz CT molecular complexity index is 631. The van der Waals surface area contributed by atoms with Crippen molar-refractivity contribution in [3.8, 4) is 0 Å². The highest BCUT2D eigenvalue weighted by Gasteiger charge is 2.22. The van der Waals surface area contributed by atoms with Gasteiger partial charge in [-0.05, 0) is 18.1 Å². The molecule has 5 nitrogen and oxygen atoms in total. The molecule has 5 heteroatoms. The minimum absolute atomic E-state index is 0.00737. The van der Waals surface area contributed by atoms with E-state index >= 15 is 0 Å². The lowest BCUT2D eigenvalue weighted by atomic mass is 10.0. The van der Waals surface area contributed by atoms with Crippen LogP contribution in [0.1, 0.15) is 43.0 Å². The van der Waals surface area contributed by atoms with Gasteiger partial charge in [-0.3, -0.25) is 0 Å². The monoisotopic (exact) mass is 276 g/mol. The van der Waals surface area contributed by atoms with Gasteiger partial charge in [0.15, 0.2) is 0 Å². The third-order valence-corrected chi connectivity index (χ3v) is 3.63. The molecule has 108 valence electrons. The molecule has 1 atom stereocenters. The number of imidazole rings is 1. The zero-order chi connectivity index (χ0) is 14.9. The maximum absolute atomic E-state index is 11.3. The second-order valence-electron chi connectivity index (χ2n) is 5.22. The van der Waals surface area contributed by atoms with Gasteiger partial charge in [0.05, 0.1) is 23.7 Å². The molecule has 1 aromatic carbocycles. The third-order valence-electron chi connectivity index (χ3n) is 3.63. The Hall–Kier alpha value is -1.88. The van der Waals surface area contributed by atoms with Crippen LogP contribution in [-0.4, -0.2) is 32.3 Å². The largest absolute Gasteiger partial charge is 0.478 e. The quantitative estimate of drug-likeness (QED) is 0.879. The number of carboxylic acid groups (broad SMARTS) is 1. The topological polar surface area (TPSA) is 75.3 Å². The second kappa shape index (κ2) is 5.63. The average molecular weight is 276 g/mol. The summed E-state index contributed by atoms with van der Waals surface area (Å²) in [5, 5.41) is 18.9. The molecule has 20 heavy (non-hydrogen) atoms. The van der Waals surface area contributed by atoms with Crippen molar-refractivity contribution in [1.29, 1.82) is 0 Å². The average Bonchev–Trinajstić information content (AvgIpc) is 2.77. The molecule has 2 aromatic rings. The van der Waals surface area contributed by atoms with Gasteiger partial charge in [0, 0.05) is 6.42 Å². The second-order valence-corrected chi connectivity index (χ2v) is 5.22. The number of aromatic carboxylic acids is 1. The van der Waals surface area contributed by atoms with Gasteiger partial charge in [-0.1, -0.05) is 26.8 Å². The number of aliphatic hydroxyl groups is 1. The number of aryl methyl sites for hydroxylation is 1. The Balaban J connectivity index is 2.76. The van der Waals surface area contributed by atoms with Crippen LogP contribution < -0.4 is 0 Å².